The molecule has 0 unspecified atom stereocenters. The zero-order chi connectivity index (χ0) is 20.7. The number of benzene rings is 1. The second kappa shape index (κ2) is 14.8. The Morgan fingerprint density at radius 1 is 0.714 bits per heavy atom. The zero-order valence-electron chi connectivity index (χ0n) is 19.2. The number of rotatable bonds is 16. The number of phenols is 1. The molecule has 1 aromatic carbocycles. The molecule has 1 rings (SSSR count). The Balaban J connectivity index is 1.96. The molecule has 0 fully saturated rings. The minimum atomic E-state index is -0.0709. The van der Waals surface area contributed by atoms with Gasteiger partial charge < -0.3 is 9.84 Å². The molecule has 0 amide bonds. The van der Waals surface area contributed by atoms with Gasteiger partial charge in [0, 0.05) is 5.56 Å². The van der Waals surface area contributed by atoms with E-state index in [4.69, 9.17) is 4.74 Å². The van der Waals surface area contributed by atoms with Crippen LogP contribution >= 0.6 is 0 Å². The van der Waals surface area contributed by atoms with E-state index in [1.165, 1.54) is 83.5 Å². The first-order chi connectivity index (χ1) is 13.4. The molecule has 0 bridgehead atoms. The molecule has 2 heteroatoms. The van der Waals surface area contributed by atoms with Gasteiger partial charge in [0.2, 0.25) is 0 Å². The van der Waals surface area contributed by atoms with Gasteiger partial charge in [0.05, 0.1) is 6.61 Å². The van der Waals surface area contributed by atoms with E-state index in [2.05, 4.69) is 27.7 Å². The Kier molecular flexibility index (Phi) is 13.1. The molecule has 0 radical (unpaired) electrons. The largest absolute Gasteiger partial charge is 0.508 e. The van der Waals surface area contributed by atoms with E-state index < -0.39 is 0 Å². The predicted octanol–water partition coefficient (Wildman–Crippen LogP) is 8.55. The Morgan fingerprint density at radius 2 is 1.18 bits per heavy atom. The van der Waals surface area contributed by atoms with Gasteiger partial charge in [0.1, 0.15) is 11.5 Å². The summed E-state index contributed by atoms with van der Waals surface area (Å²) in [5.74, 6) is 1.23. The second-order valence-electron chi connectivity index (χ2n) is 9.37. The molecular formula is C26H46O2. The van der Waals surface area contributed by atoms with Gasteiger partial charge in [-0.3, -0.25) is 0 Å². The van der Waals surface area contributed by atoms with Crippen molar-refractivity contribution in [1.82, 2.24) is 0 Å². The predicted molar refractivity (Wildman–Crippen MR) is 123 cm³/mol. The van der Waals surface area contributed by atoms with Crippen molar-refractivity contribution >= 4 is 0 Å². The first-order valence-corrected chi connectivity index (χ1v) is 11.9. The van der Waals surface area contributed by atoms with Crippen molar-refractivity contribution < 1.29 is 9.84 Å². The van der Waals surface area contributed by atoms with Crippen molar-refractivity contribution in [3.05, 3.63) is 23.8 Å². The fourth-order valence-electron chi connectivity index (χ4n) is 3.69. The maximum atomic E-state index is 10.0. The van der Waals surface area contributed by atoms with E-state index >= 15 is 0 Å². The minimum Gasteiger partial charge on any atom is -0.508 e. The SMILES string of the molecule is CCCCCCCCCCCCCCCCOc1ccc(O)c(C(C)(C)C)c1. The van der Waals surface area contributed by atoms with Crippen LogP contribution in [-0.2, 0) is 5.41 Å². The number of unbranched alkanes of at least 4 members (excludes halogenated alkanes) is 13. The maximum absolute atomic E-state index is 10.0. The van der Waals surface area contributed by atoms with Gasteiger partial charge in [0.25, 0.3) is 0 Å². The summed E-state index contributed by atoms with van der Waals surface area (Å²) in [6.07, 6.45) is 19.2. The fraction of sp³-hybridized carbons (Fsp3) is 0.769. The number of hydrogen-bond acceptors (Lipinski definition) is 2. The molecule has 0 atom stereocenters. The van der Waals surface area contributed by atoms with E-state index in [-0.39, 0.29) is 5.41 Å². The summed E-state index contributed by atoms with van der Waals surface area (Å²) in [5, 5.41) is 10.0. The number of aromatic hydroxyl groups is 1. The smallest absolute Gasteiger partial charge is 0.119 e. The van der Waals surface area contributed by atoms with Gasteiger partial charge >= 0.3 is 0 Å². The van der Waals surface area contributed by atoms with Crippen LogP contribution in [0, 0.1) is 0 Å². The maximum Gasteiger partial charge on any atom is 0.119 e. The highest BCUT2D eigenvalue weighted by atomic mass is 16.5. The average molecular weight is 391 g/mol. The first-order valence-electron chi connectivity index (χ1n) is 11.9. The molecule has 1 aromatic rings. The number of ether oxygens (including phenoxy) is 1. The summed E-state index contributed by atoms with van der Waals surface area (Å²) in [5.41, 5.74) is 0.879. The third-order valence-corrected chi connectivity index (χ3v) is 5.54. The van der Waals surface area contributed by atoms with Crippen LogP contribution in [0.15, 0.2) is 18.2 Å². The normalized spacial score (nSPS) is 11.7. The van der Waals surface area contributed by atoms with Crippen LogP contribution in [-0.4, -0.2) is 11.7 Å². The minimum absolute atomic E-state index is 0.0709. The third-order valence-electron chi connectivity index (χ3n) is 5.54. The number of phenolic OH excluding ortho intramolecular Hbond substituents is 1. The van der Waals surface area contributed by atoms with Gasteiger partial charge in [-0.15, -0.1) is 0 Å². The van der Waals surface area contributed by atoms with Gasteiger partial charge in [-0.25, -0.2) is 0 Å². The molecule has 0 saturated carbocycles. The molecule has 0 aliphatic rings. The average Bonchev–Trinajstić information content (AvgIpc) is 2.65. The molecule has 0 saturated heterocycles. The van der Waals surface area contributed by atoms with Crippen molar-refractivity contribution in [1.29, 1.82) is 0 Å². The molecule has 162 valence electrons. The van der Waals surface area contributed by atoms with Crippen LogP contribution in [0.2, 0.25) is 0 Å². The second-order valence-corrected chi connectivity index (χ2v) is 9.37. The highest BCUT2D eigenvalue weighted by molar-refractivity contribution is 5.43. The quantitative estimate of drug-likeness (QED) is 0.286. The van der Waals surface area contributed by atoms with Gasteiger partial charge in [0.15, 0.2) is 0 Å². The van der Waals surface area contributed by atoms with E-state index in [0.29, 0.717) is 5.75 Å². The van der Waals surface area contributed by atoms with Crippen LogP contribution in [0.3, 0.4) is 0 Å². The van der Waals surface area contributed by atoms with E-state index in [1.54, 1.807) is 6.07 Å². The lowest BCUT2D eigenvalue weighted by atomic mass is 9.86. The molecule has 0 spiro atoms. The molecule has 0 aliphatic heterocycles. The van der Waals surface area contributed by atoms with E-state index in [0.717, 1.165) is 24.3 Å². The van der Waals surface area contributed by atoms with E-state index in [1.807, 2.05) is 12.1 Å². The summed E-state index contributed by atoms with van der Waals surface area (Å²) >= 11 is 0. The van der Waals surface area contributed by atoms with Crippen molar-refractivity contribution in [2.24, 2.45) is 0 Å². The molecule has 28 heavy (non-hydrogen) atoms. The Labute approximate surface area is 175 Å². The molecular weight excluding hydrogens is 344 g/mol. The first kappa shape index (κ1) is 24.9. The highest BCUT2D eigenvalue weighted by Crippen LogP contribution is 2.33. The van der Waals surface area contributed by atoms with Gasteiger partial charge in [-0.1, -0.05) is 111 Å². The monoisotopic (exact) mass is 390 g/mol. The summed E-state index contributed by atoms with van der Waals surface area (Å²) in [7, 11) is 0. The third kappa shape index (κ3) is 11.6. The van der Waals surface area contributed by atoms with Gasteiger partial charge in [-0.2, -0.15) is 0 Å². The zero-order valence-corrected chi connectivity index (χ0v) is 19.2. The molecule has 1 N–H and O–H groups in total. The Morgan fingerprint density at radius 3 is 1.64 bits per heavy atom. The lowest BCUT2D eigenvalue weighted by molar-refractivity contribution is 0.302. The Bertz CT molecular complexity index is 502. The van der Waals surface area contributed by atoms with Crippen LogP contribution in [0.4, 0.5) is 0 Å². The lowest BCUT2D eigenvalue weighted by Gasteiger charge is -2.21. The Hall–Kier alpha value is -1.18. The standard InChI is InChI=1S/C26H46O2/c1-5-6-7-8-9-10-11-12-13-14-15-16-17-18-21-28-23-19-20-25(27)24(22-23)26(2,3)4/h19-20,22,27H,5-18,21H2,1-4H3. The molecule has 0 aromatic heterocycles. The van der Waals surface area contributed by atoms with Gasteiger partial charge in [-0.05, 0) is 30.0 Å². The summed E-state index contributed by atoms with van der Waals surface area (Å²) < 4.78 is 5.89. The van der Waals surface area contributed by atoms with Crippen LogP contribution in [0.5, 0.6) is 11.5 Å². The molecule has 0 heterocycles. The summed E-state index contributed by atoms with van der Waals surface area (Å²) in [6.45, 7) is 9.38. The van der Waals surface area contributed by atoms with Crippen molar-refractivity contribution in [2.45, 2.75) is 123 Å². The molecule has 2 nitrogen and oxygen atoms in total. The van der Waals surface area contributed by atoms with Crippen LogP contribution < -0.4 is 4.74 Å². The van der Waals surface area contributed by atoms with E-state index in [9.17, 15) is 5.11 Å². The van der Waals surface area contributed by atoms with Crippen molar-refractivity contribution in [3.63, 3.8) is 0 Å². The number of hydrogen-bond donors (Lipinski definition) is 1. The summed E-state index contributed by atoms with van der Waals surface area (Å²) in [6, 6.07) is 5.61. The van der Waals surface area contributed by atoms with Crippen LogP contribution in [0.25, 0.3) is 0 Å². The fourth-order valence-corrected chi connectivity index (χ4v) is 3.69. The lowest BCUT2D eigenvalue weighted by Crippen LogP contribution is -2.11. The summed E-state index contributed by atoms with van der Waals surface area (Å²) in [4.78, 5) is 0. The highest BCUT2D eigenvalue weighted by Gasteiger charge is 2.18. The van der Waals surface area contributed by atoms with Crippen molar-refractivity contribution in [3.8, 4) is 11.5 Å². The topological polar surface area (TPSA) is 29.5 Å². The van der Waals surface area contributed by atoms with Crippen molar-refractivity contribution in [2.75, 3.05) is 6.61 Å². The molecule has 0 aliphatic carbocycles. The van der Waals surface area contributed by atoms with Crippen LogP contribution in [0.1, 0.15) is 123 Å².